The van der Waals surface area contributed by atoms with Crippen LogP contribution < -0.4 is 5.32 Å². The third-order valence-electron chi connectivity index (χ3n) is 3.37. The molecule has 4 heteroatoms. The second-order valence-electron chi connectivity index (χ2n) is 4.50. The normalized spacial score (nSPS) is 21.2. The van der Waals surface area contributed by atoms with Gasteiger partial charge >= 0.3 is 0 Å². The molecule has 1 aliphatic heterocycles. The highest BCUT2D eigenvalue weighted by atomic mass is 16.5. The molecule has 1 heterocycles. The summed E-state index contributed by atoms with van der Waals surface area (Å²) in [4.78, 5) is 2.47. The number of aliphatic hydroxyl groups is 1. The molecule has 0 aromatic rings. The van der Waals surface area contributed by atoms with Gasteiger partial charge in [-0.15, -0.1) is 0 Å². The van der Waals surface area contributed by atoms with Crippen LogP contribution in [0.3, 0.4) is 0 Å². The Morgan fingerprint density at radius 1 is 1.44 bits per heavy atom. The molecule has 0 aliphatic carbocycles. The van der Waals surface area contributed by atoms with E-state index in [1.807, 2.05) is 0 Å². The fourth-order valence-electron chi connectivity index (χ4n) is 2.25. The zero-order valence-corrected chi connectivity index (χ0v) is 10.6. The largest absolute Gasteiger partial charge is 0.395 e. The molecule has 0 aromatic heterocycles. The van der Waals surface area contributed by atoms with Crippen LogP contribution in [0.4, 0.5) is 0 Å². The first-order valence-corrected chi connectivity index (χ1v) is 6.39. The van der Waals surface area contributed by atoms with Gasteiger partial charge in [-0.25, -0.2) is 0 Å². The van der Waals surface area contributed by atoms with Crippen molar-refractivity contribution in [2.45, 2.75) is 38.3 Å². The van der Waals surface area contributed by atoms with E-state index in [1.54, 1.807) is 7.11 Å². The van der Waals surface area contributed by atoms with Gasteiger partial charge in [-0.2, -0.15) is 0 Å². The highest BCUT2D eigenvalue weighted by Crippen LogP contribution is 2.13. The van der Waals surface area contributed by atoms with Crippen molar-refractivity contribution in [1.82, 2.24) is 10.2 Å². The van der Waals surface area contributed by atoms with Crippen LogP contribution in [0.25, 0.3) is 0 Å². The summed E-state index contributed by atoms with van der Waals surface area (Å²) in [5.74, 6) is 0. The molecule has 0 saturated carbocycles. The van der Waals surface area contributed by atoms with Gasteiger partial charge in [0.05, 0.1) is 12.7 Å². The fourth-order valence-corrected chi connectivity index (χ4v) is 2.25. The van der Waals surface area contributed by atoms with Gasteiger partial charge in [0.25, 0.3) is 0 Å². The molecule has 1 atom stereocenters. The van der Waals surface area contributed by atoms with Crippen molar-refractivity contribution in [3.63, 3.8) is 0 Å². The van der Waals surface area contributed by atoms with E-state index in [4.69, 9.17) is 9.84 Å². The van der Waals surface area contributed by atoms with Crippen LogP contribution in [0.1, 0.15) is 26.2 Å². The first-order valence-electron chi connectivity index (χ1n) is 6.39. The van der Waals surface area contributed by atoms with Gasteiger partial charge in [-0.3, -0.25) is 0 Å². The third kappa shape index (κ3) is 4.78. The van der Waals surface area contributed by atoms with Crippen LogP contribution >= 0.6 is 0 Å². The number of nitrogens with one attached hydrogen (secondary N) is 1. The molecular weight excluding hydrogens is 204 g/mol. The smallest absolute Gasteiger partial charge is 0.0595 e. The monoisotopic (exact) mass is 230 g/mol. The van der Waals surface area contributed by atoms with Crippen LogP contribution in [0.2, 0.25) is 0 Å². The van der Waals surface area contributed by atoms with E-state index in [-0.39, 0.29) is 12.6 Å². The molecule has 0 radical (unpaired) electrons. The van der Waals surface area contributed by atoms with Crippen LogP contribution in [0.15, 0.2) is 0 Å². The summed E-state index contributed by atoms with van der Waals surface area (Å²) in [6.07, 6.45) is 3.77. The molecule has 1 aliphatic rings. The molecule has 1 rings (SSSR count). The lowest BCUT2D eigenvalue weighted by molar-refractivity contribution is 0.0394. The van der Waals surface area contributed by atoms with E-state index in [1.165, 1.54) is 0 Å². The molecule has 4 nitrogen and oxygen atoms in total. The summed E-state index contributed by atoms with van der Waals surface area (Å²) >= 11 is 0. The second kappa shape index (κ2) is 8.01. The van der Waals surface area contributed by atoms with E-state index in [2.05, 4.69) is 17.1 Å². The topological polar surface area (TPSA) is 44.7 Å². The predicted octanol–water partition coefficient (Wildman–Crippen LogP) is 0.458. The quantitative estimate of drug-likeness (QED) is 0.667. The van der Waals surface area contributed by atoms with Gasteiger partial charge in [-0.1, -0.05) is 6.92 Å². The summed E-state index contributed by atoms with van der Waals surface area (Å²) < 4.78 is 5.35. The summed E-state index contributed by atoms with van der Waals surface area (Å²) in [5.41, 5.74) is 0. The number of aliphatic hydroxyl groups excluding tert-OH is 1. The maximum Gasteiger partial charge on any atom is 0.0595 e. The van der Waals surface area contributed by atoms with Crippen molar-refractivity contribution in [1.29, 1.82) is 0 Å². The standard InChI is InChI=1S/C12H26N2O2/c1-3-13-11(10-15)4-7-14-8-5-12(16-2)6-9-14/h11-13,15H,3-10H2,1-2H3. The van der Waals surface area contributed by atoms with Crippen molar-refractivity contribution in [2.24, 2.45) is 0 Å². The number of piperidine rings is 1. The molecule has 1 saturated heterocycles. The van der Waals surface area contributed by atoms with Crippen LogP contribution in [0, 0.1) is 0 Å². The van der Waals surface area contributed by atoms with Crippen LogP contribution in [0.5, 0.6) is 0 Å². The molecule has 2 N–H and O–H groups in total. The number of likely N-dealkylation sites (tertiary alicyclic amines) is 1. The number of nitrogens with zero attached hydrogens (tertiary/aromatic N) is 1. The summed E-state index contributed by atoms with van der Waals surface area (Å²) in [5, 5.41) is 12.5. The summed E-state index contributed by atoms with van der Waals surface area (Å²) in [7, 11) is 1.80. The number of likely N-dealkylation sites (N-methyl/N-ethyl adjacent to an activating group) is 1. The zero-order chi connectivity index (χ0) is 11.8. The minimum Gasteiger partial charge on any atom is -0.395 e. The Bertz CT molecular complexity index is 170. The number of hydrogen-bond donors (Lipinski definition) is 2. The van der Waals surface area contributed by atoms with E-state index >= 15 is 0 Å². The zero-order valence-electron chi connectivity index (χ0n) is 10.6. The Balaban J connectivity index is 2.13. The Labute approximate surface area is 99.0 Å². The minimum atomic E-state index is 0.238. The van der Waals surface area contributed by atoms with E-state index in [9.17, 15) is 0 Å². The van der Waals surface area contributed by atoms with Crippen molar-refractivity contribution in [3.05, 3.63) is 0 Å². The number of methoxy groups -OCH3 is 1. The lowest BCUT2D eigenvalue weighted by Crippen LogP contribution is -2.41. The third-order valence-corrected chi connectivity index (χ3v) is 3.37. The molecule has 0 bridgehead atoms. The Kier molecular flexibility index (Phi) is 6.96. The van der Waals surface area contributed by atoms with Gasteiger partial charge in [0.15, 0.2) is 0 Å². The molecule has 0 aromatic carbocycles. The molecule has 1 unspecified atom stereocenters. The lowest BCUT2D eigenvalue weighted by atomic mass is 10.1. The van der Waals surface area contributed by atoms with Gasteiger partial charge in [-0.05, 0) is 32.4 Å². The number of rotatable bonds is 7. The van der Waals surface area contributed by atoms with Crippen molar-refractivity contribution in [3.8, 4) is 0 Å². The fraction of sp³-hybridized carbons (Fsp3) is 1.00. The van der Waals surface area contributed by atoms with Crippen molar-refractivity contribution < 1.29 is 9.84 Å². The van der Waals surface area contributed by atoms with Crippen LogP contribution in [-0.4, -0.2) is 62.0 Å². The molecule has 0 spiro atoms. The van der Waals surface area contributed by atoms with Gasteiger partial charge < -0.3 is 20.1 Å². The average Bonchev–Trinajstić information content (AvgIpc) is 2.35. The Hall–Kier alpha value is -0.160. The second-order valence-corrected chi connectivity index (χ2v) is 4.50. The molecular formula is C12H26N2O2. The van der Waals surface area contributed by atoms with Crippen molar-refractivity contribution in [2.75, 3.05) is 39.9 Å². The Morgan fingerprint density at radius 2 is 2.12 bits per heavy atom. The Morgan fingerprint density at radius 3 is 2.62 bits per heavy atom. The highest BCUT2D eigenvalue weighted by Gasteiger charge is 2.19. The molecule has 16 heavy (non-hydrogen) atoms. The van der Waals surface area contributed by atoms with E-state index in [0.717, 1.165) is 45.4 Å². The number of ether oxygens (including phenoxy) is 1. The first kappa shape index (κ1) is 13.9. The summed E-state index contributed by atoms with van der Waals surface area (Å²) in [6.45, 7) is 6.58. The van der Waals surface area contributed by atoms with Gasteiger partial charge in [0, 0.05) is 26.2 Å². The van der Waals surface area contributed by atoms with Crippen LogP contribution in [-0.2, 0) is 4.74 Å². The van der Waals surface area contributed by atoms with Gasteiger partial charge in [0.2, 0.25) is 0 Å². The maximum absolute atomic E-state index is 9.17. The highest BCUT2D eigenvalue weighted by molar-refractivity contribution is 4.74. The van der Waals surface area contributed by atoms with Crippen molar-refractivity contribution >= 4 is 0 Å². The lowest BCUT2D eigenvalue weighted by Gasteiger charge is -2.32. The SMILES string of the molecule is CCNC(CO)CCN1CCC(OC)CC1. The first-order chi connectivity index (χ1) is 7.80. The van der Waals surface area contributed by atoms with E-state index < -0.39 is 0 Å². The average molecular weight is 230 g/mol. The molecule has 96 valence electrons. The maximum atomic E-state index is 9.17. The predicted molar refractivity (Wildman–Crippen MR) is 65.6 cm³/mol. The van der Waals surface area contributed by atoms with E-state index in [0.29, 0.717) is 6.10 Å². The molecule has 0 amide bonds. The van der Waals surface area contributed by atoms with Gasteiger partial charge in [0.1, 0.15) is 0 Å². The summed E-state index contributed by atoms with van der Waals surface area (Å²) in [6, 6.07) is 0.255. The number of hydrogen-bond acceptors (Lipinski definition) is 4. The minimum absolute atomic E-state index is 0.238. The molecule has 1 fully saturated rings.